The molecular weight excluding hydrogens is 203 g/mol. The van der Waals surface area contributed by atoms with Gasteiger partial charge in [0.2, 0.25) is 0 Å². The normalized spacial score (nSPS) is 10.8. The predicted molar refractivity (Wildman–Crippen MR) is 68.0 cm³/mol. The molecule has 0 heterocycles. The minimum atomic E-state index is -0.163. The lowest BCUT2D eigenvalue weighted by Gasteiger charge is -2.02. The van der Waals surface area contributed by atoms with Crippen LogP contribution in [0.4, 0.5) is 4.39 Å². The second kappa shape index (κ2) is 8.65. The number of nitrogens with zero attached hydrogens (tertiary/aromatic N) is 1. The van der Waals surface area contributed by atoms with Crippen molar-refractivity contribution < 1.29 is 4.39 Å². The summed E-state index contributed by atoms with van der Waals surface area (Å²) in [4.78, 5) is 3.56. The van der Waals surface area contributed by atoms with Crippen molar-refractivity contribution >= 4 is 6.34 Å². The van der Waals surface area contributed by atoms with Gasteiger partial charge in [-0.1, -0.05) is 32.1 Å². The van der Waals surface area contributed by atoms with Crippen LogP contribution < -0.4 is 5.73 Å². The second-order valence-corrected chi connectivity index (χ2v) is 3.49. The van der Waals surface area contributed by atoms with Crippen LogP contribution in [0.5, 0.6) is 0 Å². The Labute approximate surface area is 96.7 Å². The Hall–Kier alpha value is -1.64. The standard InChI is InChI=1S/C9H11F.C4H8N2/c1-7(2)8-3-5-9(10)6-4-8;1-2-3-6-4-5/h3-7H,1-2H3;2-4H,1H3,(H2,5,6)/b;3-2-. The average molecular weight is 222 g/mol. The molecule has 3 heteroatoms. The lowest BCUT2D eigenvalue weighted by molar-refractivity contribution is 0.626. The third-order valence-electron chi connectivity index (χ3n) is 1.86. The molecule has 1 aromatic carbocycles. The van der Waals surface area contributed by atoms with Gasteiger partial charge in [-0.05, 0) is 30.5 Å². The highest BCUT2D eigenvalue weighted by molar-refractivity contribution is 5.52. The Balaban J connectivity index is 0.000000325. The number of halogens is 1. The minimum absolute atomic E-state index is 0.163. The molecular formula is C13H19FN2. The van der Waals surface area contributed by atoms with Gasteiger partial charge >= 0.3 is 0 Å². The number of hydrogen-bond acceptors (Lipinski definition) is 1. The van der Waals surface area contributed by atoms with E-state index in [-0.39, 0.29) is 5.82 Å². The Bertz CT molecular complexity index is 316. The number of allylic oxidation sites excluding steroid dienone is 1. The van der Waals surface area contributed by atoms with Gasteiger partial charge in [0.1, 0.15) is 5.82 Å². The zero-order valence-corrected chi connectivity index (χ0v) is 10.0. The van der Waals surface area contributed by atoms with E-state index in [4.69, 9.17) is 5.73 Å². The quantitative estimate of drug-likeness (QED) is 0.604. The van der Waals surface area contributed by atoms with E-state index in [1.807, 2.05) is 25.1 Å². The molecule has 0 saturated heterocycles. The fourth-order valence-corrected chi connectivity index (χ4v) is 0.983. The van der Waals surface area contributed by atoms with Crippen LogP contribution in [0.1, 0.15) is 32.3 Å². The molecule has 0 aliphatic carbocycles. The number of benzene rings is 1. The monoisotopic (exact) mass is 222 g/mol. The van der Waals surface area contributed by atoms with Crippen LogP contribution in [0.25, 0.3) is 0 Å². The zero-order chi connectivity index (χ0) is 12.4. The van der Waals surface area contributed by atoms with Crippen molar-refractivity contribution in [3.05, 3.63) is 47.9 Å². The molecule has 0 bridgehead atoms. The van der Waals surface area contributed by atoms with Crippen LogP contribution in [-0.2, 0) is 0 Å². The molecule has 1 rings (SSSR count). The zero-order valence-electron chi connectivity index (χ0n) is 10.0. The highest BCUT2D eigenvalue weighted by Crippen LogP contribution is 2.13. The molecule has 0 fully saturated rings. The summed E-state index contributed by atoms with van der Waals surface area (Å²) in [6.45, 7) is 6.06. The first-order chi connectivity index (χ1) is 7.61. The highest BCUT2D eigenvalue weighted by atomic mass is 19.1. The molecule has 0 aliphatic heterocycles. The lowest BCUT2D eigenvalue weighted by atomic mass is 10.0. The molecule has 0 atom stereocenters. The Kier molecular flexibility index (Phi) is 7.76. The van der Waals surface area contributed by atoms with E-state index in [1.54, 1.807) is 6.20 Å². The van der Waals surface area contributed by atoms with Crippen molar-refractivity contribution in [1.82, 2.24) is 0 Å². The first kappa shape index (κ1) is 14.4. The molecule has 88 valence electrons. The van der Waals surface area contributed by atoms with Crippen molar-refractivity contribution in [2.24, 2.45) is 10.7 Å². The van der Waals surface area contributed by atoms with E-state index in [9.17, 15) is 4.39 Å². The molecule has 0 saturated carbocycles. The molecule has 1 aromatic rings. The van der Waals surface area contributed by atoms with Gasteiger partial charge in [0, 0.05) is 6.20 Å². The van der Waals surface area contributed by atoms with E-state index >= 15 is 0 Å². The Morgan fingerprint density at radius 3 is 2.12 bits per heavy atom. The fourth-order valence-electron chi connectivity index (χ4n) is 0.983. The van der Waals surface area contributed by atoms with E-state index in [0.29, 0.717) is 5.92 Å². The number of aliphatic imine (C=N–C) groups is 1. The molecule has 16 heavy (non-hydrogen) atoms. The summed E-state index contributed by atoms with van der Waals surface area (Å²) in [5.74, 6) is 0.324. The Morgan fingerprint density at radius 2 is 1.81 bits per heavy atom. The number of nitrogens with two attached hydrogens (primary N) is 1. The van der Waals surface area contributed by atoms with Crippen molar-refractivity contribution in [3.63, 3.8) is 0 Å². The lowest BCUT2D eigenvalue weighted by Crippen LogP contribution is -1.85. The summed E-state index contributed by atoms with van der Waals surface area (Å²) in [7, 11) is 0. The molecule has 0 aliphatic rings. The second-order valence-electron chi connectivity index (χ2n) is 3.49. The fraction of sp³-hybridized carbons (Fsp3) is 0.308. The Morgan fingerprint density at radius 1 is 1.25 bits per heavy atom. The summed E-state index contributed by atoms with van der Waals surface area (Å²) in [6, 6.07) is 6.63. The molecule has 0 radical (unpaired) electrons. The number of rotatable bonds is 2. The highest BCUT2D eigenvalue weighted by Gasteiger charge is 1.96. The van der Waals surface area contributed by atoms with Crippen LogP contribution in [0.15, 0.2) is 41.5 Å². The van der Waals surface area contributed by atoms with E-state index in [0.717, 1.165) is 0 Å². The summed E-state index contributed by atoms with van der Waals surface area (Å²) in [5, 5.41) is 0. The molecule has 0 amide bonds. The van der Waals surface area contributed by atoms with E-state index in [1.165, 1.54) is 24.0 Å². The van der Waals surface area contributed by atoms with Gasteiger partial charge in [0.25, 0.3) is 0 Å². The molecule has 2 nitrogen and oxygen atoms in total. The van der Waals surface area contributed by atoms with Gasteiger partial charge in [-0.25, -0.2) is 9.38 Å². The van der Waals surface area contributed by atoms with Gasteiger partial charge in [0.15, 0.2) is 0 Å². The third-order valence-corrected chi connectivity index (χ3v) is 1.86. The average Bonchev–Trinajstić information content (AvgIpc) is 2.28. The van der Waals surface area contributed by atoms with Gasteiger partial charge in [0.05, 0.1) is 6.34 Å². The summed E-state index contributed by atoms with van der Waals surface area (Å²) >= 11 is 0. The third kappa shape index (κ3) is 6.76. The summed E-state index contributed by atoms with van der Waals surface area (Å²) < 4.78 is 12.4. The van der Waals surface area contributed by atoms with E-state index < -0.39 is 0 Å². The van der Waals surface area contributed by atoms with Gasteiger partial charge in [-0.2, -0.15) is 0 Å². The molecule has 0 unspecified atom stereocenters. The molecule has 2 N–H and O–H groups in total. The summed E-state index contributed by atoms with van der Waals surface area (Å²) in [5.41, 5.74) is 6.05. The van der Waals surface area contributed by atoms with Crippen LogP contribution in [0, 0.1) is 5.82 Å². The van der Waals surface area contributed by atoms with Crippen molar-refractivity contribution in [2.45, 2.75) is 26.7 Å². The maximum atomic E-state index is 12.4. The smallest absolute Gasteiger partial charge is 0.123 e. The summed E-state index contributed by atoms with van der Waals surface area (Å²) in [6.07, 6.45) is 4.68. The maximum absolute atomic E-state index is 12.4. The maximum Gasteiger partial charge on any atom is 0.123 e. The van der Waals surface area contributed by atoms with Gasteiger partial charge < -0.3 is 5.73 Å². The van der Waals surface area contributed by atoms with Gasteiger partial charge in [-0.3, -0.25) is 0 Å². The topological polar surface area (TPSA) is 38.4 Å². The van der Waals surface area contributed by atoms with Crippen LogP contribution >= 0.6 is 0 Å². The molecule has 0 aromatic heterocycles. The largest absolute Gasteiger partial charge is 0.390 e. The predicted octanol–water partition coefficient (Wildman–Crippen LogP) is 3.46. The first-order valence-corrected chi connectivity index (χ1v) is 5.21. The van der Waals surface area contributed by atoms with E-state index in [2.05, 4.69) is 18.8 Å². The SMILES string of the molecule is C/C=C\N=CN.CC(C)c1ccc(F)cc1. The van der Waals surface area contributed by atoms with Crippen LogP contribution in [0.3, 0.4) is 0 Å². The van der Waals surface area contributed by atoms with Crippen molar-refractivity contribution in [1.29, 1.82) is 0 Å². The number of hydrogen-bond donors (Lipinski definition) is 1. The first-order valence-electron chi connectivity index (χ1n) is 5.21. The van der Waals surface area contributed by atoms with Crippen molar-refractivity contribution in [3.8, 4) is 0 Å². The minimum Gasteiger partial charge on any atom is -0.390 e. The molecule has 0 spiro atoms. The van der Waals surface area contributed by atoms with Crippen LogP contribution in [0.2, 0.25) is 0 Å². The van der Waals surface area contributed by atoms with Crippen LogP contribution in [-0.4, -0.2) is 6.34 Å². The van der Waals surface area contributed by atoms with Crippen molar-refractivity contribution in [2.75, 3.05) is 0 Å². The van der Waals surface area contributed by atoms with Gasteiger partial charge in [-0.15, -0.1) is 0 Å².